The Morgan fingerprint density at radius 3 is 0.857 bits per heavy atom. The Balaban J connectivity index is 0. The fourth-order valence-electron chi connectivity index (χ4n) is 0. The zero-order valence-corrected chi connectivity index (χ0v) is 6.90. The predicted molar refractivity (Wildman–Crippen MR) is 20.0 cm³/mol. The molecule has 0 bridgehead atoms. The second-order valence-corrected chi connectivity index (χ2v) is 0.521. The standard InChI is InChI=1S/C2F4.Po.2H/c3-1(4)2(5)6;;;. The van der Waals surface area contributed by atoms with Crippen molar-refractivity contribution in [3.8, 4) is 0 Å². The fourth-order valence-corrected chi connectivity index (χ4v) is 0. The van der Waals surface area contributed by atoms with Gasteiger partial charge >= 0.3 is 38.7 Å². The summed E-state index contributed by atoms with van der Waals surface area (Å²) in [6.07, 6.45) is -5.81. The zero-order chi connectivity index (χ0) is 5.15. The van der Waals surface area contributed by atoms with E-state index in [2.05, 4.69) is 0 Å². The molecule has 0 aromatic rings. The number of hydrogen-bond acceptors (Lipinski definition) is 0. The Labute approximate surface area is 56.7 Å². The van der Waals surface area contributed by atoms with Gasteiger partial charge in [0.25, 0.3) is 0 Å². The van der Waals surface area contributed by atoms with Crippen LogP contribution in [0.1, 0.15) is 0 Å². The SMILES string of the molecule is FC(F)=C(F)F.[PoH2]. The van der Waals surface area contributed by atoms with Crippen LogP contribution in [0, 0.1) is 0 Å². The monoisotopic (exact) mass is 311 g/mol. The molecule has 0 aromatic heterocycles. The van der Waals surface area contributed by atoms with E-state index < -0.39 is 12.2 Å². The third-order valence-electron chi connectivity index (χ3n) is 0.143. The van der Waals surface area contributed by atoms with Crippen molar-refractivity contribution in [3.63, 3.8) is 0 Å². The molecule has 0 aliphatic heterocycles. The first-order valence-electron chi connectivity index (χ1n) is 1.01. The van der Waals surface area contributed by atoms with E-state index in [1.807, 2.05) is 0 Å². The quantitative estimate of drug-likeness (QED) is 0.587. The van der Waals surface area contributed by atoms with Gasteiger partial charge in [-0.15, -0.1) is 0 Å². The van der Waals surface area contributed by atoms with Gasteiger partial charge in [0.05, 0.1) is 0 Å². The average molecular weight is 311 g/mol. The minimum absolute atomic E-state index is 0. The van der Waals surface area contributed by atoms with Crippen LogP contribution in [0.4, 0.5) is 17.6 Å². The van der Waals surface area contributed by atoms with Crippen molar-refractivity contribution in [3.05, 3.63) is 12.2 Å². The Hall–Kier alpha value is 0.356. The van der Waals surface area contributed by atoms with Crippen LogP contribution >= 0.6 is 0 Å². The second-order valence-electron chi connectivity index (χ2n) is 0.521. The van der Waals surface area contributed by atoms with Crippen LogP contribution in [-0.4, -0.2) is 26.6 Å². The fraction of sp³-hybridized carbons (Fsp3) is 0. The Morgan fingerprint density at radius 1 is 0.714 bits per heavy atom. The first-order valence-corrected chi connectivity index (χ1v) is 1.01. The third kappa shape index (κ3) is 6.36. The first kappa shape index (κ1) is 10.4. The summed E-state index contributed by atoms with van der Waals surface area (Å²) in [5, 5.41) is 0. The number of hydrogen-bond donors (Lipinski definition) is 0. The van der Waals surface area contributed by atoms with Gasteiger partial charge in [0.15, 0.2) is 0 Å². The van der Waals surface area contributed by atoms with Gasteiger partial charge in [-0.3, -0.25) is 0 Å². The van der Waals surface area contributed by atoms with Crippen LogP contribution in [0.5, 0.6) is 0 Å². The summed E-state index contributed by atoms with van der Waals surface area (Å²) in [5.74, 6) is 0. The molecule has 0 saturated heterocycles. The van der Waals surface area contributed by atoms with Crippen LogP contribution in [0.2, 0.25) is 0 Å². The molecule has 0 N–H and O–H groups in total. The predicted octanol–water partition coefficient (Wildman–Crippen LogP) is 1.07. The van der Waals surface area contributed by atoms with Crippen LogP contribution in [0.25, 0.3) is 0 Å². The molecule has 7 heavy (non-hydrogen) atoms. The van der Waals surface area contributed by atoms with Crippen molar-refractivity contribution in [2.45, 2.75) is 0 Å². The van der Waals surface area contributed by atoms with E-state index in [1.165, 1.54) is 0 Å². The van der Waals surface area contributed by atoms with Crippen LogP contribution in [0.15, 0.2) is 12.2 Å². The van der Waals surface area contributed by atoms with Crippen LogP contribution < -0.4 is 0 Å². The molecule has 0 aliphatic rings. The van der Waals surface area contributed by atoms with E-state index in [9.17, 15) is 17.6 Å². The van der Waals surface area contributed by atoms with Gasteiger partial charge in [-0.1, -0.05) is 0 Å². The minimum atomic E-state index is -2.91. The zero-order valence-electron chi connectivity index (χ0n) is 3.01. The van der Waals surface area contributed by atoms with Crippen molar-refractivity contribution in [1.82, 2.24) is 0 Å². The Kier molecular flexibility index (Phi) is 6.68. The second kappa shape index (κ2) is 4.51. The van der Waals surface area contributed by atoms with E-state index >= 15 is 0 Å². The topological polar surface area (TPSA) is 0 Å². The molecule has 0 fully saturated rings. The summed E-state index contributed by atoms with van der Waals surface area (Å²) in [4.78, 5) is 0. The summed E-state index contributed by atoms with van der Waals surface area (Å²) in [5.41, 5.74) is 0. The van der Waals surface area contributed by atoms with Crippen LogP contribution in [-0.2, 0) is 0 Å². The number of rotatable bonds is 0. The maximum absolute atomic E-state index is 10.3. The molecule has 0 nitrogen and oxygen atoms in total. The molecule has 0 atom stereocenters. The Bertz CT molecular complexity index is 59.8. The molecule has 0 spiro atoms. The van der Waals surface area contributed by atoms with Gasteiger partial charge < -0.3 is 0 Å². The number of halogens is 4. The molecule has 0 aliphatic carbocycles. The molecule has 0 unspecified atom stereocenters. The molecular weight excluding hydrogens is 309 g/mol. The van der Waals surface area contributed by atoms with Gasteiger partial charge in [-0.2, -0.15) is 17.6 Å². The van der Waals surface area contributed by atoms with E-state index in [0.29, 0.717) is 0 Å². The van der Waals surface area contributed by atoms with E-state index in [-0.39, 0.29) is 26.6 Å². The summed E-state index contributed by atoms with van der Waals surface area (Å²) in [6.45, 7) is 0. The van der Waals surface area contributed by atoms with Crippen molar-refractivity contribution in [2.75, 3.05) is 0 Å². The van der Waals surface area contributed by atoms with Crippen molar-refractivity contribution in [1.29, 1.82) is 0 Å². The van der Waals surface area contributed by atoms with Crippen molar-refractivity contribution in [2.24, 2.45) is 0 Å². The van der Waals surface area contributed by atoms with Gasteiger partial charge in [0, 0.05) is 0 Å². The van der Waals surface area contributed by atoms with Crippen LogP contribution in [0.3, 0.4) is 0 Å². The molecule has 0 heterocycles. The van der Waals surface area contributed by atoms with E-state index in [1.54, 1.807) is 0 Å². The molecule has 0 saturated carbocycles. The maximum atomic E-state index is 10.3. The average Bonchev–Trinajstić information content (AvgIpc) is 1.36. The summed E-state index contributed by atoms with van der Waals surface area (Å²) in [6, 6.07) is 0. The molecule has 0 amide bonds. The molecule has 44 valence electrons. The molecule has 0 rings (SSSR count). The summed E-state index contributed by atoms with van der Waals surface area (Å²) < 4.78 is 41.1. The molecule has 0 aromatic carbocycles. The first-order chi connectivity index (χ1) is 2.64. The molecular formula is C2H2F4Po. The van der Waals surface area contributed by atoms with Crippen molar-refractivity contribution < 1.29 is 17.6 Å². The van der Waals surface area contributed by atoms with E-state index in [0.717, 1.165) is 0 Å². The van der Waals surface area contributed by atoms with Gasteiger partial charge in [0.1, 0.15) is 0 Å². The summed E-state index contributed by atoms with van der Waals surface area (Å²) >= 11 is 0. The van der Waals surface area contributed by atoms with Gasteiger partial charge in [0.2, 0.25) is 0 Å². The normalized spacial score (nSPS) is 6.86. The van der Waals surface area contributed by atoms with E-state index in [4.69, 9.17) is 0 Å². The van der Waals surface area contributed by atoms with Crippen molar-refractivity contribution >= 4 is 26.6 Å². The summed E-state index contributed by atoms with van der Waals surface area (Å²) in [7, 11) is 0. The molecule has 5 heteroatoms. The van der Waals surface area contributed by atoms with Gasteiger partial charge in [-0.05, 0) is 0 Å². The molecule has 0 radical (unpaired) electrons. The Morgan fingerprint density at radius 2 is 0.857 bits per heavy atom. The van der Waals surface area contributed by atoms with Gasteiger partial charge in [-0.25, -0.2) is 0 Å². The third-order valence-corrected chi connectivity index (χ3v) is 0.143.